The van der Waals surface area contributed by atoms with E-state index in [0.717, 1.165) is 38.9 Å². The van der Waals surface area contributed by atoms with Crippen molar-refractivity contribution in [3.63, 3.8) is 0 Å². The quantitative estimate of drug-likeness (QED) is 0.186. The number of hydrogen-bond donors (Lipinski definition) is 0. The molecule has 0 N–H and O–H groups in total. The number of benzene rings is 8. The Hall–Kier alpha value is -6.84. The van der Waals surface area contributed by atoms with Gasteiger partial charge in [0, 0.05) is 43.7 Å². The van der Waals surface area contributed by atoms with Gasteiger partial charge < -0.3 is 13.6 Å². The molecule has 0 aliphatic heterocycles. The first-order valence-corrected chi connectivity index (χ1v) is 17.4. The van der Waals surface area contributed by atoms with E-state index in [2.05, 4.69) is 179 Å². The van der Waals surface area contributed by atoms with Crippen molar-refractivity contribution in [2.75, 3.05) is 0 Å². The van der Waals surface area contributed by atoms with Crippen LogP contribution < -0.4 is 0 Å². The summed E-state index contributed by atoms with van der Waals surface area (Å²) in [4.78, 5) is 0. The van der Waals surface area contributed by atoms with Gasteiger partial charge in [-0.1, -0.05) is 121 Å². The highest BCUT2D eigenvalue weighted by atomic mass is 16.3. The second-order valence-electron chi connectivity index (χ2n) is 13.3. The van der Waals surface area contributed by atoms with Crippen LogP contribution in [0, 0.1) is 0 Å². The molecule has 0 aliphatic carbocycles. The zero-order chi connectivity index (χ0) is 33.5. The molecule has 0 atom stereocenters. The standard InChI is InChI=1S/C48H30N2O/c1-2-11-31(12-3-1)32-21-25-34(26-22-32)49-42-17-7-4-13-37(42)40-29-41-38-14-5-8-18-43(38)50(45(41)30-44(40)49)35-27-23-33(24-28-35)36-16-10-20-47-48(36)39-15-6-9-19-46(39)51-47/h1-30H. The minimum absolute atomic E-state index is 0.911. The van der Waals surface area contributed by atoms with Gasteiger partial charge in [0.05, 0.1) is 22.1 Å². The topological polar surface area (TPSA) is 23.0 Å². The molecular weight excluding hydrogens is 621 g/mol. The number of hydrogen-bond acceptors (Lipinski definition) is 1. The van der Waals surface area contributed by atoms with E-state index in [0.29, 0.717) is 0 Å². The monoisotopic (exact) mass is 650 g/mol. The van der Waals surface area contributed by atoms with E-state index in [4.69, 9.17) is 4.42 Å². The molecule has 0 spiro atoms. The van der Waals surface area contributed by atoms with Crippen molar-refractivity contribution in [1.29, 1.82) is 0 Å². The zero-order valence-corrected chi connectivity index (χ0v) is 27.6. The number of nitrogens with zero attached hydrogens (tertiary/aromatic N) is 2. The summed E-state index contributed by atoms with van der Waals surface area (Å²) in [7, 11) is 0. The Kier molecular flexibility index (Phi) is 5.96. The van der Waals surface area contributed by atoms with Crippen LogP contribution in [0.5, 0.6) is 0 Å². The van der Waals surface area contributed by atoms with Gasteiger partial charge in [-0.05, 0) is 82.9 Å². The Morgan fingerprint density at radius 3 is 1.47 bits per heavy atom. The lowest BCUT2D eigenvalue weighted by Crippen LogP contribution is -1.96. The maximum absolute atomic E-state index is 6.21. The average Bonchev–Trinajstić information content (AvgIpc) is 3.85. The van der Waals surface area contributed by atoms with Crippen molar-refractivity contribution >= 4 is 65.6 Å². The predicted octanol–water partition coefficient (Wildman–Crippen LogP) is 13.1. The number of rotatable bonds is 4. The lowest BCUT2D eigenvalue weighted by Gasteiger charge is -2.12. The maximum Gasteiger partial charge on any atom is 0.136 e. The Morgan fingerprint density at radius 1 is 0.314 bits per heavy atom. The largest absolute Gasteiger partial charge is 0.456 e. The molecule has 0 radical (unpaired) electrons. The van der Waals surface area contributed by atoms with Crippen LogP contribution in [0.15, 0.2) is 186 Å². The van der Waals surface area contributed by atoms with Crippen molar-refractivity contribution in [2.45, 2.75) is 0 Å². The average molecular weight is 651 g/mol. The maximum atomic E-state index is 6.21. The third-order valence-corrected chi connectivity index (χ3v) is 10.5. The van der Waals surface area contributed by atoms with E-state index in [-0.39, 0.29) is 0 Å². The lowest BCUT2D eigenvalue weighted by molar-refractivity contribution is 0.669. The summed E-state index contributed by atoms with van der Waals surface area (Å²) < 4.78 is 11.0. The Morgan fingerprint density at radius 2 is 0.824 bits per heavy atom. The first kappa shape index (κ1) is 28.0. The third-order valence-electron chi connectivity index (χ3n) is 10.5. The van der Waals surface area contributed by atoms with E-state index in [1.807, 2.05) is 12.1 Å². The normalized spacial score (nSPS) is 11.9. The van der Waals surface area contributed by atoms with Gasteiger partial charge in [-0.2, -0.15) is 0 Å². The zero-order valence-electron chi connectivity index (χ0n) is 27.6. The van der Waals surface area contributed by atoms with Crippen molar-refractivity contribution in [3.8, 4) is 33.6 Å². The summed E-state index contributed by atoms with van der Waals surface area (Å²) in [6, 6.07) is 65.5. The molecule has 3 heteroatoms. The summed E-state index contributed by atoms with van der Waals surface area (Å²) in [5.74, 6) is 0. The summed E-state index contributed by atoms with van der Waals surface area (Å²) in [6.07, 6.45) is 0. The Balaban J connectivity index is 1.12. The molecule has 238 valence electrons. The highest BCUT2D eigenvalue weighted by molar-refractivity contribution is 6.19. The fourth-order valence-corrected chi connectivity index (χ4v) is 8.23. The molecule has 0 fully saturated rings. The minimum atomic E-state index is 0.911. The van der Waals surface area contributed by atoms with Crippen molar-refractivity contribution in [1.82, 2.24) is 9.13 Å². The molecule has 11 rings (SSSR count). The SMILES string of the molecule is c1ccc(-c2ccc(-n3c4ccccc4c4cc5c6ccccc6n(-c6ccc(-c7cccc8oc9ccccc9c78)cc6)c5cc43)cc2)cc1. The third kappa shape index (κ3) is 4.19. The molecule has 0 unspecified atom stereocenters. The van der Waals surface area contributed by atoms with Gasteiger partial charge in [0.2, 0.25) is 0 Å². The van der Waals surface area contributed by atoms with Crippen molar-refractivity contribution in [3.05, 3.63) is 182 Å². The van der Waals surface area contributed by atoms with Crippen LogP contribution in [-0.2, 0) is 0 Å². The van der Waals surface area contributed by atoms with Gasteiger partial charge in [0.25, 0.3) is 0 Å². The molecule has 3 aromatic heterocycles. The van der Waals surface area contributed by atoms with Gasteiger partial charge in [-0.3, -0.25) is 0 Å². The highest BCUT2D eigenvalue weighted by Gasteiger charge is 2.19. The molecule has 0 saturated carbocycles. The van der Waals surface area contributed by atoms with Crippen LogP contribution in [0.4, 0.5) is 0 Å². The Bertz CT molecular complexity index is 3100. The predicted molar refractivity (Wildman–Crippen MR) is 213 cm³/mol. The molecule has 0 bridgehead atoms. The second kappa shape index (κ2) is 10.8. The first-order chi connectivity index (χ1) is 25.3. The smallest absolute Gasteiger partial charge is 0.136 e. The van der Waals surface area contributed by atoms with Gasteiger partial charge in [-0.15, -0.1) is 0 Å². The van der Waals surface area contributed by atoms with Crippen LogP contribution in [0.25, 0.3) is 99.2 Å². The van der Waals surface area contributed by atoms with E-state index < -0.39 is 0 Å². The second-order valence-corrected chi connectivity index (χ2v) is 13.3. The van der Waals surface area contributed by atoms with E-state index >= 15 is 0 Å². The van der Waals surface area contributed by atoms with Gasteiger partial charge in [-0.25, -0.2) is 0 Å². The molecule has 11 aromatic rings. The fraction of sp³-hybridized carbons (Fsp3) is 0. The van der Waals surface area contributed by atoms with Crippen LogP contribution in [-0.4, -0.2) is 9.13 Å². The van der Waals surface area contributed by atoms with Crippen LogP contribution >= 0.6 is 0 Å². The molecule has 0 aliphatic rings. The lowest BCUT2D eigenvalue weighted by atomic mass is 9.99. The van der Waals surface area contributed by atoms with E-state index in [1.165, 1.54) is 60.3 Å². The minimum Gasteiger partial charge on any atom is -0.456 e. The van der Waals surface area contributed by atoms with Crippen LogP contribution in [0.1, 0.15) is 0 Å². The molecule has 51 heavy (non-hydrogen) atoms. The van der Waals surface area contributed by atoms with E-state index in [1.54, 1.807) is 0 Å². The molecular formula is C48H30N2O. The van der Waals surface area contributed by atoms with Crippen LogP contribution in [0.2, 0.25) is 0 Å². The number of furan rings is 1. The number of aromatic nitrogens is 2. The van der Waals surface area contributed by atoms with Gasteiger partial charge in [0.15, 0.2) is 0 Å². The fourth-order valence-electron chi connectivity index (χ4n) is 8.23. The van der Waals surface area contributed by atoms with Gasteiger partial charge >= 0.3 is 0 Å². The summed E-state index contributed by atoms with van der Waals surface area (Å²) in [5.41, 5.74) is 13.6. The Labute approximate surface area is 293 Å². The van der Waals surface area contributed by atoms with Gasteiger partial charge in [0.1, 0.15) is 11.2 Å². The van der Waals surface area contributed by atoms with E-state index in [9.17, 15) is 0 Å². The van der Waals surface area contributed by atoms with Crippen molar-refractivity contribution < 1.29 is 4.42 Å². The van der Waals surface area contributed by atoms with Crippen molar-refractivity contribution in [2.24, 2.45) is 0 Å². The first-order valence-electron chi connectivity index (χ1n) is 17.4. The number of fused-ring (bicyclic) bond motifs is 9. The molecule has 3 nitrogen and oxygen atoms in total. The molecule has 8 aromatic carbocycles. The summed E-state index contributed by atoms with van der Waals surface area (Å²) >= 11 is 0. The molecule has 0 amide bonds. The highest BCUT2D eigenvalue weighted by Crippen LogP contribution is 2.41. The summed E-state index contributed by atoms with van der Waals surface area (Å²) in [5, 5.41) is 7.30. The molecule has 0 saturated heterocycles. The molecule has 3 heterocycles. The summed E-state index contributed by atoms with van der Waals surface area (Å²) in [6.45, 7) is 0. The van der Waals surface area contributed by atoms with Crippen LogP contribution in [0.3, 0.4) is 0 Å². The number of para-hydroxylation sites is 3.